The highest BCUT2D eigenvalue weighted by molar-refractivity contribution is 6.62. The van der Waals surface area contributed by atoms with E-state index in [1.165, 1.54) is 13.2 Å². The molecule has 0 radical (unpaired) electrons. The Hall–Kier alpha value is -2.18. The van der Waals surface area contributed by atoms with E-state index in [4.69, 9.17) is 14.0 Å². The zero-order valence-electron chi connectivity index (χ0n) is 16.6. The van der Waals surface area contributed by atoms with Crippen molar-refractivity contribution >= 4 is 18.6 Å². The average molecular weight is 370 g/mol. The van der Waals surface area contributed by atoms with E-state index in [0.29, 0.717) is 11.0 Å². The third-order valence-corrected chi connectivity index (χ3v) is 5.46. The molecule has 0 saturated carbocycles. The number of rotatable bonds is 3. The Balaban J connectivity index is 1.99. The van der Waals surface area contributed by atoms with Crippen molar-refractivity contribution in [2.75, 3.05) is 7.11 Å². The van der Waals surface area contributed by atoms with Crippen LogP contribution < -0.4 is 5.46 Å². The number of carbonyl (C=O) groups is 1. The molecular weight excluding hydrogens is 346 g/mol. The van der Waals surface area contributed by atoms with Gasteiger partial charge in [-0.25, -0.2) is 9.18 Å². The van der Waals surface area contributed by atoms with Gasteiger partial charge in [-0.2, -0.15) is 0 Å². The molecule has 2 aromatic rings. The van der Waals surface area contributed by atoms with E-state index in [9.17, 15) is 9.18 Å². The molecule has 6 heteroatoms. The minimum atomic E-state index is -0.774. The molecule has 0 unspecified atom stereocenters. The lowest BCUT2D eigenvalue weighted by molar-refractivity contribution is 0.00578. The highest BCUT2D eigenvalue weighted by atomic mass is 19.1. The zero-order chi connectivity index (χ0) is 20.0. The molecule has 0 atom stereocenters. The van der Waals surface area contributed by atoms with Gasteiger partial charge < -0.3 is 14.0 Å². The summed E-state index contributed by atoms with van der Waals surface area (Å²) in [6.45, 7) is 9.64. The summed E-state index contributed by atoms with van der Waals surface area (Å²) in [6, 6.07) is 10.2. The van der Waals surface area contributed by atoms with Crippen LogP contribution in [0.2, 0.25) is 0 Å². The van der Waals surface area contributed by atoms with E-state index in [1.807, 2.05) is 40.7 Å². The second-order valence-electron chi connectivity index (χ2n) is 7.85. The lowest BCUT2D eigenvalue weighted by Crippen LogP contribution is -2.41. The van der Waals surface area contributed by atoms with E-state index in [0.717, 1.165) is 16.7 Å². The Morgan fingerprint density at radius 3 is 2.22 bits per heavy atom. The summed E-state index contributed by atoms with van der Waals surface area (Å²) in [5.74, 6) is -0.761. The van der Waals surface area contributed by atoms with Gasteiger partial charge in [0.15, 0.2) is 0 Å². The summed E-state index contributed by atoms with van der Waals surface area (Å²) in [5.41, 5.74) is 2.38. The topological polar surface area (TPSA) is 44.8 Å². The maximum Gasteiger partial charge on any atom is 0.497 e. The molecule has 0 N–H and O–H groups in total. The maximum absolute atomic E-state index is 14.5. The first-order chi connectivity index (χ1) is 12.6. The minimum Gasteiger partial charge on any atom is -0.465 e. The quantitative estimate of drug-likeness (QED) is 0.608. The molecular formula is C21H24BFO4. The second kappa shape index (κ2) is 6.77. The first kappa shape index (κ1) is 19.6. The fourth-order valence-electron chi connectivity index (χ4n) is 3.09. The largest absolute Gasteiger partial charge is 0.497 e. The number of hydrogen-bond acceptors (Lipinski definition) is 4. The van der Waals surface area contributed by atoms with Crippen LogP contribution in [0.4, 0.5) is 4.39 Å². The highest BCUT2D eigenvalue weighted by Crippen LogP contribution is 2.37. The van der Waals surface area contributed by atoms with Crippen molar-refractivity contribution in [3.05, 3.63) is 53.3 Å². The Kier molecular flexibility index (Phi) is 4.91. The summed E-state index contributed by atoms with van der Waals surface area (Å²) >= 11 is 0. The second-order valence-corrected chi connectivity index (χ2v) is 7.85. The number of benzene rings is 2. The molecule has 1 heterocycles. The van der Waals surface area contributed by atoms with Gasteiger partial charge in [0.25, 0.3) is 0 Å². The molecule has 1 fully saturated rings. The lowest BCUT2D eigenvalue weighted by atomic mass is 9.77. The van der Waals surface area contributed by atoms with Gasteiger partial charge >= 0.3 is 13.1 Å². The van der Waals surface area contributed by atoms with E-state index in [-0.39, 0.29) is 11.8 Å². The van der Waals surface area contributed by atoms with Gasteiger partial charge in [-0.15, -0.1) is 0 Å². The van der Waals surface area contributed by atoms with Crippen molar-refractivity contribution < 1.29 is 23.2 Å². The number of halogens is 1. The molecule has 0 aliphatic carbocycles. The van der Waals surface area contributed by atoms with Gasteiger partial charge in [-0.3, -0.25) is 0 Å². The highest BCUT2D eigenvalue weighted by Gasteiger charge is 2.52. The standard InChI is InChI=1S/C21H24BFO4/c1-13-11-15(19(24)25-6)7-9-16(13)14-8-10-18(23)17(12-14)22-26-20(2,3)21(4,5)27-22/h7-12H,1-6H3. The van der Waals surface area contributed by atoms with Gasteiger partial charge in [-0.05, 0) is 69.5 Å². The Bertz CT molecular complexity index is 876. The van der Waals surface area contributed by atoms with Gasteiger partial charge in [-0.1, -0.05) is 18.2 Å². The molecule has 0 bridgehead atoms. The molecule has 1 aliphatic heterocycles. The minimum absolute atomic E-state index is 0.364. The Labute approximate surface area is 159 Å². The van der Waals surface area contributed by atoms with E-state index < -0.39 is 18.3 Å². The third kappa shape index (κ3) is 3.51. The smallest absolute Gasteiger partial charge is 0.465 e. The third-order valence-electron chi connectivity index (χ3n) is 5.46. The monoisotopic (exact) mass is 370 g/mol. The fourth-order valence-corrected chi connectivity index (χ4v) is 3.09. The predicted molar refractivity (Wildman–Crippen MR) is 104 cm³/mol. The number of ether oxygens (including phenoxy) is 1. The van der Waals surface area contributed by atoms with Gasteiger partial charge in [0.05, 0.1) is 23.9 Å². The van der Waals surface area contributed by atoms with Gasteiger partial charge in [0, 0.05) is 5.46 Å². The van der Waals surface area contributed by atoms with Gasteiger partial charge in [0.2, 0.25) is 0 Å². The molecule has 1 saturated heterocycles. The summed E-state index contributed by atoms with van der Waals surface area (Å²) in [6.07, 6.45) is 0. The number of methoxy groups -OCH3 is 1. The molecule has 1 aliphatic rings. The lowest BCUT2D eigenvalue weighted by Gasteiger charge is -2.32. The molecule has 0 spiro atoms. The Morgan fingerprint density at radius 2 is 1.67 bits per heavy atom. The number of carbonyl (C=O) groups excluding carboxylic acids is 1. The van der Waals surface area contributed by atoms with Crippen LogP contribution in [0.3, 0.4) is 0 Å². The average Bonchev–Trinajstić information content (AvgIpc) is 2.82. The molecule has 27 heavy (non-hydrogen) atoms. The first-order valence-electron chi connectivity index (χ1n) is 8.90. The van der Waals surface area contributed by atoms with Crippen LogP contribution >= 0.6 is 0 Å². The summed E-state index contributed by atoms with van der Waals surface area (Å²) in [4.78, 5) is 11.7. The van der Waals surface area contributed by atoms with E-state index in [1.54, 1.807) is 24.3 Å². The van der Waals surface area contributed by atoms with Gasteiger partial charge in [0.1, 0.15) is 5.82 Å². The maximum atomic E-state index is 14.5. The Morgan fingerprint density at radius 1 is 1.04 bits per heavy atom. The normalized spacial score (nSPS) is 17.8. The molecule has 4 nitrogen and oxygen atoms in total. The van der Waals surface area contributed by atoms with Crippen LogP contribution in [0.5, 0.6) is 0 Å². The van der Waals surface area contributed by atoms with Crippen molar-refractivity contribution in [1.82, 2.24) is 0 Å². The fraction of sp³-hybridized carbons (Fsp3) is 0.381. The van der Waals surface area contributed by atoms with Crippen LogP contribution in [0.15, 0.2) is 36.4 Å². The van der Waals surface area contributed by atoms with Crippen LogP contribution in [0.25, 0.3) is 11.1 Å². The van der Waals surface area contributed by atoms with Crippen molar-refractivity contribution in [3.63, 3.8) is 0 Å². The van der Waals surface area contributed by atoms with Crippen LogP contribution in [0, 0.1) is 12.7 Å². The van der Waals surface area contributed by atoms with Crippen molar-refractivity contribution in [3.8, 4) is 11.1 Å². The van der Waals surface area contributed by atoms with E-state index in [2.05, 4.69) is 0 Å². The number of aryl methyl sites for hydroxylation is 1. The number of esters is 1. The molecule has 0 aromatic heterocycles. The number of hydrogen-bond donors (Lipinski definition) is 0. The van der Waals surface area contributed by atoms with Crippen LogP contribution in [-0.4, -0.2) is 31.4 Å². The van der Waals surface area contributed by atoms with Crippen molar-refractivity contribution in [2.45, 2.75) is 45.8 Å². The predicted octanol–water partition coefficient (Wildman–Crippen LogP) is 3.89. The first-order valence-corrected chi connectivity index (χ1v) is 8.90. The SMILES string of the molecule is COC(=O)c1ccc(-c2ccc(F)c(B3OC(C)(C)C(C)(C)O3)c2)c(C)c1. The van der Waals surface area contributed by atoms with Crippen molar-refractivity contribution in [1.29, 1.82) is 0 Å². The van der Waals surface area contributed by atoms with E-state index >= 15 is 0 Å². The molecule has 142 valence electrons. The molecule has 0 amide bonds. The summed E-state index contributed by atoms with van der Waals surface area (Å²) in [7, 11) is 0.576. The van der Waals surface area contributed by atoms with Crippen LogP contribution in [-0.2, 0) is 14.0 Å². The van der Waals surface area contributed by atoms with Crippen molar-refractivity contribution in [2.24, 2.45) is 0 Å². The summed E-state index contributed by atoms with van der Waals surface area (Å²) in [5, 5.41) is 0. The van der Waals surface area contributed by atoms with Crippen LogP contribution in [0.1, 0.15) is 43.6 Å². The zero-order valence-corrected chi connectivity index (χ0v) is 16.6. The summed E-state index contributed by atoms with van der Waals surface area (Å²) < 4.78 is 31.3. The molecule has 2 aromatic carbocycles. The molecule has 3 rings (SSSR count).